The zero-order valence-corrected chi connectivity index (χ0v) is 20.9. The number of H-pyrrole nitrogens is 1. The number of carbonyl (C=O) groups excluding carboxylic acids is 2. The van der Waals surface area contributed by atoms with Gasteiger partial charge >= 0.3 is 5.97 Å². The van der Waals surface area contributed by atoms with E-state index in [2.05, 4.69) is 20.6 Å². The third-order valence-corrected chi connectivity index (χ3v) is 6.20. The lowest BCUT2D eigenvalue weighted by atomic mass is 10.1. The zero-order valence-electron chi connectivity index (χ0n) is 19.4. The number of carbonyl (C=O) groups is 2. The van der Waals surface area contributed by atoms with E-state index in [9.17, 15) is 9.59 Å². The third-order valence-electron chi connectivity index (χ3n) is 5.66. The lowest BCUT2D eigenvalue weighted by Gasteiger charge is -2.20. The SMILES string of the molecule is CC(C)Nc1cc(-c2c[nH]c(C(=O)NC(COC(=O)C3(N)CC3)c3cccc(Cl)c3)c2)c(Cl)cn1. The van der Waals surface area contributed by atoms with Crippen molar-refractivity contribution in [3.63, 3.8) is 0 Å². The van der Waals surface area contributed by atoms with Crippen molar-refractivity contribution in [3.05, 3.63) is 70.1 Å². The van der Waals surface area contributed by atoms with Crippen molar-refractivity contribution >= 4 is 40.9 Å². The largest absolute Gasteiger partial charge is 0.462 e. The molecule has 1 aromatic carbocycles. The number of nitrogens with two attached hydrogens (primary N) is 1. The van der Waals surface area contributed by atoms with Crippen molar-refractivity contribution in [2.75, 3.05) is 11.9 Å². The van der Waals surface area contributed by atoms with Crippen molar-refractivity contribution in [1.29, 1.82) is 0 Å². The number of nitrogens with zero attached hydrogens (tertiary/aromatic N) is 1. The molecule has 5 N–H and O–H groups in total. The first kappa shape index (κ1) is 25.0. The fourth-order valence-electron chi connectivity index (χ4n) is 3.54. The number of aromatic amines is 1. The van der Waals surface area contributed by atoms with Crippen LogP contribution < -0.4 is 16.4 Å². The molecule has 0 saturated heterocycles. The Balaban J connectivity index is 1.52. The average Bonchev–Trinajstić information content (AvgIpc) is 3.38. The number of hydrogen-bond acceptors (Lipinski definition) is 6. The predicted molar refractivity (Wildman–Crippen MR) is 137 cm³/mol. The maximum absolute atomic E-state index is 13.1. The molecule has 2 heterocycles. The van der Waals surface area contributed by atoms with Gasteiger partial charge in [0.2, 0.25) is 0 Å². The number of ether oxygens (including phenoxy) is 1. The van der Waals surface area contributed by atoms with E-state index in [1.807, 2.05) is 19.9 Å². The number of esters is 1. The van der Waals surface area contributed by atoms with E-state index < -0.39 is 17.6 Å². The minimum absolute atomic E-state index is 0.0716. The van der Waals surface area contributed by atoms with Crippen molar-refractivity contribution in [3.8, 4) is 11.1 Å². The summed E-state index contributed by atoms with van der Waals surface area (Å²) in [6.07, 6.45) is 4.46. The van der Waals surface area contributed by atoms with Gasteiger partial charge in [-0.1, -0.05) is 35.3 Å². The highest BCUT2D eigenvalue weighted by Crippen LogP contribution is 2.34. The molecule has 1 aliphatic carbocycles. The Labute approximate surface area is 213 Å². The number of benzene rings is 1. The van der Waals surface area contributed by atoms with Gasteiger partial charge in [0.05, 0.1) is 11.1 Å². The number of nitrogens with one attached hydrogen (secondary N) is 3. The lowest BCUT2D eigenvalue weighted by molar-refractivity contribution is -0.147. The summed E-state index contributed by atoms with van der Waals surface area (Å²) < 4.78 is 5.43. The molecule has 3 aromatic rings. The van der Waals surface area contributed by atoms with Crippen molar-refractivity contribution in [1.82, 2.24) is 15.3 Å². The summed E-state index contributed by atoms with van der Waals surface area (Å²) in [7, 11) is 0. The minimum Gasteiger partial charge on any atom is -0.462 e. The number of hydrogen-bond donors (Lipinski definition) is 4. The van der Waals surface area contributed by atoms with E-state index in [0.717, 1.165) is 11.1 Å². The Kier molecular flexibility index (Phi) is 7.35. The van der Waals surface area contributed by atoms with E-state index in [0.29, 0.717) is 40.0 Å². The maximum atomic E-state index is 13.1. The van der Waals surface area contributed by atoms with Crippen LogP contribution in [0.25, 0.3) is 11.1 Å². The van der Waals surface area contributed by atoms with Crippen LogP contribution in [0.4, 0.5) is 5.82 Å². The Hall–Kier alpha value is -3.07. The van der Waals surface area contributed by atoms with E-state index in [4.69, 9.17) is 33.7 Å². The van der Waals surface area contributed by atoms with Crippen molar-refractivity contribution in [2.24, 2.45) is 5.73 Å². The molecule has 0 spiro atoms. The molecule has 0 bridgehead atoms. The molecule has 1 atom stereocenters. The molecular weight excluding hydrogens is 489 g/mol. The molecule has 8 nitrogen and oxygen atoms in total. The topological polar surface area (TPSA) is 122 Å². The molecule has 2 aromatic heterocycles. The highest BCUT2D eigenvalue weighted by molar-refractivity contribution is 6.33. The van der Waals surface area contributed by atoms with Crippen molar-refractivity contribution < 1.29 is 14.3 Å². The molecule has 184 valence electrons. The molecule has 35 heavy (non-hydrogen) atoms. The average molecular weight is 516 g/mol. The Morgan fingerprint density at radius 3 is 2.69 bits per heavy atom. The van der Waals surface area contributed by atoms with Crippen LogP contribution in [0.2, 0.25) is 10.0 Å². The lowest BCUT2D eigenvalue weighted by Crippen LogP contribution is -2.38. The van der Waals surface area contributed by atoms with E-state index in [-0.39, 0.29) is 18.6 Å². The smallest absolute Gasteiger partial charge is 0.326 e. The zero-order chi connectivity index (χ0) is 25.2. The second-order valence-corrected chi connectivity index (χ2v) is 9.83. The summed E-state index contributed by atoms with van der Waals surface area (Å²) in [6.45, 7) is 3.96. The summed E-state index contributed by atoms with van der Waals surface area (Å²) in [6, 6.07) is 10.1. The minimum atomic E-state index is -0.912. The van der Waals surface area contributed by atoms with Crippen LogP contribution in [0.5, 0.6) is 0 Å². The van der Waals surface area contributed by atoms with Gasteiger partial charge in [-0.3, -0.25) is 9.59 Å². The second kappa shape index (κ2) is 10.3. The highest BCUT2D eigenvalue weighted by atomic mass is 35.5. The molecule has 10 heteroatoms. The number of aromatic nitrogens is 2. The summed E-state index contributed by atoms with van der Waals surface area (Å²) in [5.41, 5.74) is 7.51. The maximum Gasteiger partial charge on any atom is 0.326 e. The van der Waals surface area contributed by atoms with Gasteiger partial charge in [-0.25, -0.2) is 4.98 Å². The van der Waals surface area contributed by atoms with Crippen LogP contribution in [-0.2, 0) is 9.53 Å². The van der Waals surface area contributed by atoms with Gasteiger partial charge in [-0.15, -0.1) is 0 Å². The van der Waals surface area contributed by atoms with Gasteiger partial charge < -0.3 is 26.1 Å². The number of rotatable bonds is 9. The Morgan fingerprint density at radius 1 is 1.23 bits per heavy atom. The van der Waals surface area contributed by atoms with E-state index in [1.54, 1.807) is 42.7 Å². The van der Waals surface area contributed by atoms with Gasteiger partial charge in [0.1, 0.15) is 23.7 Å². The van der Waals surface area contributed by atoms with Gasteiger partial charge in [0.15, 0.2) is 0 Å². The van der Waals surface area contributed by atoms with E-state index in [1.165, 1.54) is 0 Å². The normalized spacial score (nSPS) is 14.9. The fraction of sp³-hybridized carbons (Fsp3) is 0.320. The van der Waals surface area contributed by atoms with Crippen LogP contribution in [0, 0.1) is 0 Å². The first-order valence-corrected chi connectivity index (χ1v) is 12.0. The molecule has 1 aliphatic rings. The molecule has 4 rings (SSSR count). The van der Waals surface area contributed by atoms with Crippen molar-refractivity contribution in [2.45, 2.75) is 44.3 Å². The van der Waals surface area contributed by atoms with Gasteiger partial charge in [-0.2, -0.15) is 0 Å². The number of halogens is 2. The molecule has 1 unspecified atom stereocenters. The van der Waals surface area contributed by atoms with E-state index >= 15 is 0 Å². The molecule has 1 saturated carbocycles. The monoisotopic (exact) mass is 515 g/mol. The number of amides is 1. The third kappa shape index (κ3) is 6.14. The molecular formula is C25H27Cl2N5O3. The second-order valence-electron chi connectivity index (χ2n) is 8.99. The highest BCUT2D eigenvalue weighted by Gasteiger charge is 2.47. The molecule has 0 aliphatic heterocycles. The van der Waals surface area contributed by atoms with Crippen LogP contribution in [0.1, 0.15) is 48.8 Å². The Bertz CT molecular complexity index is 1240. The first-order valence-electron chi connectivity index (χ1n) is 11.3. The van der Waals surface area contributed by atoms with Gasteiger partial charge in [0.25, 0.3) is 5.91 Å². The van der Waals surface area contributed by atoms with Crippen LogP contribution in [0.3, 0.4) is 0 Å². The number of anilines is 1. The standard InChI is InChI=1S/C25H27Cl2N5O3/c1-14(2)31-22-10-18(19(27)12-30-22)16-9-20(29-11-16)23(33)32-21(15-4-3-5-17(26)8-15)13-35-24(34)25(28)6-7-25/h3-5,8-12,14,21,29H,6-7,13,28H2,1-2H3,(H,30,31)(H,32,33). The van der Waals surface area contributed by atoms with Crippen LogP contribution in [-0.4, -0.2) is 40.0 Å². The van der Waals surface area contributed by atoms with Gasteiger partial charge in [-0.05, 0) is 56.5 Å². The summed E-state index contributed by atoms with van der Waals surface area (Å²) in [4.78, 5) is 32.7. The fourth-order valence-corrected chi connectivity index (χ4v) is 3.95. The summed E-state index contributed by atoms with van der Waals surface area (Å²) in [5.74, 6) is -0.168. The predicted octanol–water partition coefficient (Wildman–Crippen LogP) is 4.71. The summed E-state index contributed by atoms with van der Waals surface area (Å²) >= 11 is 12.5. The first-order chi connectivity index (χ1) is 16.6. The van der Waals surface area contributed by atoms with Crippen LogP contribution in [0.15, 0.2) is 48.8 Å². The molecule has 1 fully saturated rings. The summed E-state index contributed by atoms with van der Waals surface area (Å²) in [5, 5.41) is 7.12. The molecule has 1 amide bonds. The molecule has 0 radical (unpaired) electrons. The van der Waals surface area contributed by atoms with Crippen LogP contribution >= 0.6 is 23.2 Å². The van der Waals surface area contributed by atoms with Gasteiger partial charge in [0, 0.05) is 34.6 Å². The number of pyridine rings is 1. The quantitative estimate of drug-likeness (QED) is 0.306. The Morgan fingerprint density at radius 2 is 2.00 bits per heavy atom.